The molecular formula is C12H23NO. The van der Waals surface area contributed by atoms with Gasteiger partial charge in [-0.3, -0.25) is 9.69 Å². The van der Waals surface area contributed by atoms with Crippen LogP contribution in [-0.2, 0) is 4.79 Å². The Hall–Kier alpha value is -0.370. The van der Waals surface area contributed by atoms with E-state index in [-0.39, 0.29) is 5.41 Å². The molecule has 1 saturated heterocycles. The van der Waals surface area contributed by atoms with Crippen molar-refractivity contribution in [2.75, 3.05) is 19.6 Å². The fraction of sp³-hybridized carbons (Fsp3) is 0.917. The average Bonchev–Trinajstić information content (AvgIpc) is 2.31. The number of carbonyl (C=O) groups is 1. The standard InChI is InChI=1S/C12H23NO/c1-12(2,3)11(14)10-13-8-6-4-5-7-9-13/h4-10H2,1-3H3. The van der Waals surface area contributed by atoms with Gasteiger partial charge in [0.05, 0.1) is 6.54 Å². The molecule has 1 rings (SSSR count). The largest absolute Gasteiger partial charge is 0.298 e. The van der Waals surface area contributed by atoms with Crippen LogP contribution >= 0.6 is 0 Å². The highest BCUT2D eigenvalue weighted by atomic mass is 16.1. The van der Waals surface area contributed by atoms with E-state index in [0.29, 0.717) is 12.3 Å². The minimum atomic E-state index is -0.174. The summed E-state index contributed by atoms with van der Waals surface area (Å²) in [5.74, 6) is 0.374. The summed E-state index contributed by atoms with van der Waals surface area (Å²) in [6.45, 7) is 8.90. The van der Waals surface area contributed by atoms with Crippen LogP contribution in [0.4, 0.5) is 0 Å². The number of nitrogens with zero attached hydrogens (tertiary/aromatic N) is 1. The van der Waals surface area contributed by atoms with Gasteiger partial charge >= 0.3 is 0 Å². The van der Waals surface area contributed by atoms with Crippen LogP contribution in [0.1, 0.15) is 46.5 Å². The van der Waals surface area contributed by atoms with Crippen molar-refractivity contribution in [1.82, 2.24) is 4.90 Å². The van der Waals surface area contributed by atoms with E-state index in [1.54, 1.807) is 0 Å². The Morgan fingerprint density at radius 3 is 2.00 bits per heavy atom. The van der Waals surface area contributed by atoms with Gasteiger partial charge in [-0.1, -0.05) is 33.6 Å². The molecule has 0 radical (unpaired) electrons. The van der Waals surface area contributed by atoms with E-state index < -0.39 is 0 Å². The molecule has 0 spiro atoms. The van der Waals surface area contributed by atoms with Gasteiger partial charge in [-0.05, 0) is 25.9 Å². The second-order valence-electron chi connectivity index (χ2n) is 5.36. The Morgan fingerprint density at radius 1 is 1.07 bits per heavy atom. The first-order valence-corrected chi connectivity index (χ1v) is 5.76. The third kappa shape index (κ3) is 3.79. The number of Topliss-reactive ketones (excluding diaryl/α,β-unsaturated/α-hetero) is 1. The molecule has 0 aliphatic carbocycles. The predicted molar refractivity (Wildman–Crippen MR) is 59.4 cm³/mol. The molecule has 82 valence electrons. The molecule has 2 nitrogen and oxygen atoms in total. The molecule has 1 fully saturated rings. The minimum absolute atomic E-state index is 0.174. The monoisotopic (exact) mass is 197 g/mol. The summed E-state index contributed by atoms with van der Waals surface area (Å²) in [5.41, 5.74) is -0.174. The van der Waals surface area contributed by atoms with Gasteiger partial charge < -0.3 is 0 Å². The van der Waals surface area contributed by atoms with Crippen LogP contribution in [0.15, 0.2) is 0 Å². The van der Waals surface area contributed by atoms with E-state index in [4.69, 9.17) is 0 Å². The maximum atomic E-state index is 11.8. The van der Waals surface area contributed by atoms with Crippen LogP contribution < -0.4 is 0 Å². The first-order chi connectivity index (χ1) is 6.50. The predicted octanol–water partition coefficient (Wildman–Crippen LogP) is 2.48. The molecule has 0 aromatic rings. The third-order valence-corrected chi connectivity index (χ3v) is 2.90. The van der Waals surface area contributed by atoms with Crippen LogP contribution in [0, 0.1) is 5.41 Å². The zero-order valence-electron chi connectivity index (χ0n) is 9.81. The highest BCUT2D eigenvalue weighted by molar-refractivity contribution is 5.85. The van der Waals surface area contributed by atoms with Gasteiger partial charge in [-0.15, -0.1) is 0 Å². The number of likely N-dealkylation sites (tertiary alicyclic amines) is 1. The topological polar surface area (TPSA) is 20.3 Å². The zero-order chi connectivity index (χ0) is 10.6. The Kier molecular flexibility index (Phi) is 4.11. The summed E-state index contributed by atoms with van der Waals surface area (Å²) in [7, 11) is 0. The van der Waals surface area contributed by atoms with Crippen molar-refractivity contribution in [3.05, 3.63) is 0 Å². The first-order valence-electron chi connectivity index (χ1n) is 5.76. The molecular weight excluding hydrogens is 174 g/mol. The van der Waals surface area contributed by atoms with Crippen LogP contribution in [0.2, 0.25) is 0 Å². The molecule has 1 aliphatic heterocycles. The zero-order valence-corrected chi connectivity index (χ0v) is 9.81. The van der Waals surface area contributed by atoms with Gasteiger partial charge in [0.15, 0.2) is 5.78 Å². The molecule has 0 aromatic carbocycles. The maximum Gasteiger partial charge on any atom is 0.152 e. The van der Waals surface area contributed by atoms with Crippen LogP contribution in [-0.4, -0.2) is 30.3 Å². The summed E-state index contributed by atoms with van der Waals surface area (Å²) in [6.07, 6.45) is 5.19. The van der Waals surface area contributed by atoms with Crippen molar-refractivity contribution in [2.45, 2.75) is 46.5 Å². The first kappa shape index (κ1) is 11.7. The van der Waals surface area contributed by atoms with E-state index in [0.717, 1.165) is 13.1 Å². The lowest BCUT2D eigenvalue weighted by Crippen LogP contribution is -2.36. The van der Waals surface area contributed by atoms with E-state index >= 15 is 0 Å². The maximum absolute atomic E-state index is 11.8. The average molecular weight is 197 g/mol. The lowest BCUT2D eigenvalue weighted by Gasteiger charge is -2.24. The number of hydrogen-bond donors (Lipinski definition) is 0. The van der Waals surface area contributed by atoms with E-state index in [1.807, 2.05) is 20.8 Å². The fourth-order valence-corrected chi connectivity index (χ4v) is 1.73. The number of carbonyl (C=O) groups excluding carboxylic acids is 1. The molecule has 0 saturated carbocycles. The van der Waals surface area contributed by atoms with Crippen molar-refractivity contribution in [3.63, 3.8) is 0 Å². The summed E-state index contributed by atoms with van der Waals surface area (Å²) in [5, 5.41) is 0. The number of ketones is 1. The van der Waals surface area contributed by atoms with E-state index in [2.05, 4.69) is 4.90 Å². The second kappa shape index (κ2) is 4.92. The molecule has 14 heavy (non-hydrogen) atoms. The SMILES string of the molecule is CC(C)(C)C(=O)CN1CCCCCC1. The van der Waals surface area contributed by atoms with E-state index in [9.17, 15) is 4.79 Å². The van der Waals surface area contributed by atoms with Crippen LogP contribution in [0.25, 0.3) is 0 Å². The Morgan fingerprint density at radius 2 is 1.57 bits per heavy atom. The van der Waals surface area contributed by atoms with Gasteiger partial charge in [-0.2, -0.15) is 0 Å². The van der Waals surface area contributed by atoms with Gasteiger partial charge in [0, 0.05) is 5.41 Å². The normalized spacial score (nSPS) is 20.5. The smallest absolute Gasteiger partial charge is 0.152 e. The quantitative estimate of drug-likeness (QED) is 0.678. The second-order valence-corrected chi connectivity index (χ2v) is 5.36. The van der Waals surface area contributed by atoms with Crippen LogP contribution in [0.3, 0.4) is 0 Å². The number of rotatable bonds is 2. The van der Waals surface area contributed by atoms with Gasteiger partial charge in [-0.25, -0.2) is 0 Å². The van der Waals surface area contributed by atoms with Crippen molar-refractivity contribution in [3.8, 4) is 0 Å². The Balaban J connectivity index is 2.38. The molecule has 0 bridgehead atoms. The summed E-state index contributed by atoms with van der Waals surface area (Å²) < 4.78 is 0. The van der Waals surface area contributed by atoms with Gasteiger partial charge in [0.1, 0.15) is 0 Å². The lowest BCUT2D eigenvalue weighted by molar-refractivity contribution is -0.127. The van der Waals surface area contributed by atoms with Gasteiger partial charge in [0.2, 0.25) is 0 Å². The molecule has 0 aromatic heterocycles. The molecule has 2 heteroatoms. The molecule has 1 aliphatic rings. The van der Waals surface area contributed by atoms with Crippen molar-refractivity contribution < 1.29 is 4.79 Å². The molecule has 0 N–H and O–H groups in total. The lowest BCUT2D eigenvalue weighted by atomic mass is 9.90. The Labute approximate surface area is 87.7 Å². The van der Waals surface area contributed by atoms with Crippen molar-refractivity contribution >= 4 is 5.78 Å². The highest BCUT2D eigenvalue weighted by Gasteiger charge is 2.23. The summed E-state index contributed by atoms with van der Waals surface area (Å²) in [4.78, 5) is 14.1. The number of hydrogen-bond acceptors (Lipinski definition) is 2. The summed E-state index contributed by atoms with van der Waals surface area (Å²) >= 11 is 0. The highest BCUT2D eigenvalue weighted by Crippen LogP contribution is 2.17. The minimum Gasteiger partial charge on any atom is -0.298 e. The fourth-order valence-electron chi connectivity index (χ4n) is 1.73. The van der Waals surface area contributed by atoms with E-state index in [1.165, 1.54) is 25.7 Å². The third-order valence-electron chi connectivity index (χ3n) is 2.90. The van der Waals surface area contributed by atoms with Crippen LogP contribution in [0.5, 0.6) is 0 Å². The van der Waals surface area contributed by atoms with Gasteiger partial charge in [0.25, 0.3) is 0 Å². The molecule has 0 amide bonds. The molecule has 0 unspecified atom stereocenters. The summed E-state index contributed by atoms with van der Waals surface area (Å²) in [6, 6.07) is 0. The van der Waals surface area contributed by atoms with Crippen molar-refractivity contribution in [1.29, 1.82) is 0 Å². The molecule has 0 atom stereocenters. The Bertz CT molecular complexity index is 185. The molecule has 1 heterocycles. The van der Waals surface area contributed by atoms with Crippen molar-refractivity contribution in [2.24, 2.45) is 5.41 Å².